The van der Waals surface area contributed by atoms with Crippen molar-refractivity contribution in [3.8, 4) is 0 Å². The summed E-state index contributed by atoms with van der Waals surface area (Å²) in [5.41, 5.74) is 0.765. The van der Waals surface area contributed by atoms with Crippen LogP contribution in [0.2, 0.25) is 0 Å². The maximum atomic E-state index is 5.51. The van der Waals surface area contributed by atoms with Gasteiger partial charge in [-0.15, -0.1) is 0 Å². The van der Waals surface area contributed by atoms with Gasteiger partial charge in [0.1, 0.15) is 5.76 Å². The molecule has 1 atom stereocenters. The fraction of sp³-hybridized carbons (Fsp3) is 0.692. The van der Waals surface area contributed by atoms with E-state index in [1.54, 1.807) is 6.26 Å². The SMILES string of the molecule is CNC(c1ccco1)C1C(C)(C)C1(C)C. The van der Waals surface area contributed by atoms with Crippen molar-refractivity contribution in [3.63, 3.8) is 0 Å². The molecule has 1 aromatic rings. The molecule has 0 aromatic carbocycles. The van der Waals surface area contributed by atoms with E-state index >= 15 is 0 Å². The maximum Gasteiger partial charge on any atom is 0.120 e. The molecule has 0 aliphatic heterocycles. The molecule has 15 heavy (non-hydrogen) atoms. The zero-order valence-corrected chi connectivity index (χ0v) is 10.3. The Bertz CT molecular complexity index is 323. The van der Waals surface area contributed by atoms with Gasteiger partial charge >= 0.3 is 0 Å². The molecule has 84 valence electrons. The lowest BCUT2D eigenvalue weighted by Crippen LogP contribution is -2.20. The molecule has 0 spiro atoms. The van der Waals surface area contributed by atoms with Gasteiger partial charge in [0.05, 0.1) is 12.3 Å². The summed E-state index contributed by atoms with van der Waals surface area (Å²) in [4.78, 5) is 0. The summed E-state index contributed by atoms with van der Waals surface area (Å²) in [6.07, 6.45) is 1.75. The van der Waals surface area contributed by atoms with Gasteiger partial charge in [-0.3, -0.25) is 0 Å². The molecule has 1 aliphatic rings. The average Bonchev–Trinajstić information content (AvgIpc) is 2.63. The van der Waals surface area contributed by atoms with Gasteiger partial charge in [0.25, 0.3) is 0 Å². The van der Waals surface area contributed by atoms with Crippen molar-refractivity contribution < 1.29 is 4.42 Å². The summed E-state index contributed by atoms with van der Waals surface area (Å²) >= 11 is 0. The Balaban J connectivity index is 2.25. The molecular weight excluding hydrogens is 186 g/mol. The first-order chi connectivity index (χ1) is 6.93. The van der Waals surface area contributed by atoms with Gasteiger partial charge in [-0.05, 0) is 35.9 Å². The Kier molecular flexibility index (Phi) is 2.23. The van der Waals surface area contributed by atoms with Gasteiger partial charge in [0, 0.05) is 0 Å². The number of rotatable bonds is 3. The minimum Gasteiger partial charge on any atom is -0.468 e. The highest BCUT2D eigenvalue weighted by Crippen LogP contribution is 2.72. The Morgan fingerprint density at radius 3 is 2.20 bits per heavy atom. The Hall–Kier alpha value is -0.760. The smallest absolute Gasteiger partial charge is 0.120 e. The molecule has 1 aliphatic carbocycles. The van der Waals surface area contributed by atoms with Crippen LogP contribution in [0.4, 0.5) is 0 Å². The lowest BCUT2D eigenvalue weighted by molar-refractivity contribution is 0.359. The van der Waals surface area contributed by atoms with Crippen LogP contribution in [0, 0.1) is 16.7 Å². The zero-order valence-electron chi connectivity index (χ0n) is 10.3. The Morgan fingerprint density at radius 2 is 1.87 bits per heavy atom. The third kappa shape index (κ3) is 1.35. The fourth-order valence-electron chi connectivity index (χ4n) is 3.02. The second kappa shape index (κ2) is 3.11. The molecule has 0 amide bonds. The van der Waals surface area contributed by atoms with Crippen LogP contribution in [0.1, 0.15) is 39.5 Å². The minimum atomic E-state index is 0.338. The lowest BCUT2D eigenvalue weighted by atomic mass is 10.0. The molecule has 2 heteroatoms. The van der Waals surface area contributed by atoms with Crippen molar-refractivity contribution >= 4 is 0 Å². The number of hydrogen-bond donors (Lipinski definition) is 1. The van der Waals surface area contributed by atoms with E-state index in [1.165, 1.54) is 0 Å². The second-order valence-electron chi connectivity index (χ2n) is 5.70. The predicted octanol–water partition coefficient (Wildman–Crippen LogP) is 3.22. The summed E-state index contributed by atoms with van der Waals surface area (Å²) in [6, 6.07) is 4.36. The molecule has 1 saturated carbocycles. The first-order valence-electron chi connectivity index (χ1n) is 5.63. The summed E-state index contributed by atoms with van der Waals surface area (Å²) < 4.78 is 5.51. The molecule has 0 radical (unpaired) electrons. The maximum absolute atomic E-state index is 5.51. The van der Waals surface area contributed by atoms with Crippen molar-refractivity contribution in [3.05, 3.63) is 24.2 Å². The monoisotopic (exact) mass is 207 g/mol. The van der Waals surface area contributed by atoms with E-state index in [0.29, 0.717) is 22.8 Å². The van der Waals surface area contributed by atoms with Crippen molar-refractivity contribution in [2.75, 3.05) is 7.05 Å². The fourth-order valence-corrected chi connectivity index (χ4v) is 3.02. The van der Waals surface area contributed by atoms with Crippen LogP contribution in [0.15, 0.2) is 22.8 Å². The molecular formula is C13H21NO. The van der Waals surface area contributed by atoms with Gasteiger partial charge in [0.15, 0.2) is 0 Å². The zero-order chi connectivity index (χ0) is 11.3. The second-order valence-corrected chi connectivity index (χ2v) is 5.70. The van der Waals surface area contributed by atoms with Crippen molar-refractivity contribution in [1.82, 2.24) is 5.32 Å². The van der Waals surface area contributed by atoms with Gasteiger partial charge in [-0.25, -0.2) is 0 Å². The third-order valence-electron chi connectivity index (χ3n) is 4.63. The van der Waals surface area contributed by atoms with E-state index in [9.17, 15) is 0 Å². The largest absolute Gasteiger partial charge is 0.468 e. The Labute approximate surface area is 92.1 Å². The van der Waals surface area contributed by atoms with Gasteiger partial charge in [-0.2, -0.15) is 0 Å². The topological polar surface area (TPSA) is 25.2 Å². The summed E-state index contributed by atoms with van der Waals surface area (Å²) in [7, 11) is 2.01. The highest BCUT2D eigenvalue weighted by atomic mass is 16.3. The van der Waals surface area contributed by atoms with E-state index in [1.807, 2.05) is 13.1 Å². The lowest BCUT2D eigenvalue weighted by Gasteiger charge is -2.15. The van der Waals surface area contributed by atoms with Crippen LogP contribution in [-0.4, -0.2) is 7.05 Å². The van der Waals surface area contributed by atoms with E-state index in [4.69, 9.17) is 4.42 Å². The number of nitrogens with one attached hydrogen (secondary N) is 1. The van der Waals surface area contributed by atoms with Crippen LogP contribution in [0.25, 0.3) is 0 Å². The molecule has 1 heterocycles. The molecule has 1 fully saturated rings. The van der Waals surface area contributed by atoms with E-state index < -0.39 is 0 Å². The Morgan fingerprint density at radius 1 is 1.27 bits per heavy atom. The van der Waals surface area contributed by atoms with Crippen LogP contribution < -0.4 is 5.32 Å². The molecule has 1 aromatic heterocycles. The molecule has 1 unspecified atom stereocenters. The first kappa shape index (κ1) is 10.7. The molecule has 1 N–H and O–H groups in total. The van der Waals surface area contributed by atoms with Gasteiger partial charge in [-0.1, -0.05) is 27.7 Å². The summed E-state index contributed by atoms with van der Waals surface area (Å²) in [6.45, 7) is 9.35. The minimum absolute atomic E-state index is 0.338. The quantitative estimate of drug-likeness (QED) is 0.823. The van der Waals surface area contributed by atoms with Crippen LogP contribution in [0.5, 0.6) is 0 Å². The third-order valence-corrected chi connectivity index (χ3v) is 4.63. The van der Waals surface area contributed by atoms with Crippen LogP contribution in [0.3, 0.4) is 0 Å². The molecule has 2 rings (SSSR count). The predicted molar refractivity (Wildman–Crippen MR) is 61.6 cm³/mol. The average molecular weight is 207 g/mol. The number of furan rings is 1. The standard InChI is InChI=1S/C13H21NO/c1-12(2)11(13(12,3)4)10(14-5)9-7-6-8-15-9/h6-8,10-11,14H,1-5H3. The van der Waals surface area contributed by atoms with Crippen molar-refractivity contribution in [1.29, 1.82) is 0 Å². The van der Waals surface area contributed by atoms with Crippen molar-refractivity contribution in [2.24, 2.45) is 16.7 Å². The van der Waals surface area contributed by atoms with E-state index in [-0.39, 0.29) is 0 Å². The van der Waals surface area contributed by atoms with E-state index in [0.717, 1.165) is 5.76 Å². The highest BCUT2D eigenvalue weighted by Gasteiger charge is 2.67. The van der Waals surface area contributed by atoms with E-state index in [2.05, 4.69) is 39.1 Å². The molecule has 2 nitrogen and oxygen atoms in total. The summed E-state index contributed by atoms with van der Waals surface area (Å²) in [5, 5.41) is 3.38. The van der Waals surface area contributed by atoms with Gasteiger partial charge < -0.3 is 9.73 Å². The normalized spacial score (nSPS) is 25.1. The molecule has 0 bridgehead atoms. The van der Waals surface area contributed by atoms with Crippen LogP contribution in [-0.2, 0) is 0 Å². The van der Waals surface area contributed by atoms with Gasteiger partial charge in [0.2, 0.25) is 0 Å². The highest BCUT2D eigenvalue weighted by molar-refractivity contribution is 5.21. The molecule has 0 saturated heterocycles. The summed E-state index contributed by atoms with van der Waals surface area (Å²) in [5.74, 6) is 1.70. The van der Waals surface area contributed by atoms with Crippen molar-refractivity contribution in [2.45, 2.75) is 33.7 Å². The number of hydrogen-bond acceptors (Lipinski definition) is 2. The van der Waals surface area contributed by atoms with Crippen LogP contribution >= 0.6 is 0 Å². The first-order valence-corrected chi connectivity index (χ1v) is 5.63.